The number of hydrogen-bond acceptors (Lipinski definition) is 9. The molecular weight excluding hydrogens is 526 g/mol. The number of amides is 2. The van der Waals surface area contributed by atoms with Crippen LogP contribution in [0.2, 0.25) is 0 Å². The van der Waals surface area contributed by atoms with Crippen LogP contribution in [0.15, 0.2) is 48.5 Å². The number of morpholine rings is 1. The Balaban J connectivity index is 1.48. The maximum atomic E-state index is 13.8. The summed E-state index contributed by atoms with van der Waals surface area (Å²) in [5, 5.41) is 2.73. The Kier molecular flexibility index (Phi) is 7.98. The predicted molar refractivity (Wildman–Crippen MR) is 154 cm³/mol. The predicted octanol–water partition coefficient (Wildman–Crippen LogP) is 4.62. The molecule has 5 rings (SSSR count). The number of likely N-dealkylation sites (N-methyl/N-ethyl adjacent to an activating group) is 1. The van der Waals surface area contributed by atoms with Crippen LogP contribution in [0.5, 0.6) is 17.4 Å². The molecule has 3 aromatic rings. The zero-order chi connectivity index (χ0) is 29.1. The van der Waals surface area contributed by atoms with Crippen molar-refractivity contribution in [2.24, 2.45) is 0 Å². The molecule has 1 unspecified atom stereocenters. The molecule has 11 nitrogen and oxygen atoms in total. The van der Waals surface area contributed by atoms with Gasteiger partial charge in [-0.05, 0) is 52.0 Å². The summed E-state index contributed by atoms with van der Waals surface area (Å²) in [4.78, 5) is 39.8. The number of fused-ring (bicyclic) bond motifs is 1. The molecule has 0 spiro atoms. The van der Waals surface area contributed by atoms with Crippen LogP contribution in [0.4, 0.5) is 16.4 Å². The Morgan fingerprint density at radius 2 is 1.90 bits per heavy atom. The van der Waals surface area contributed by atoms with Crippen molar-refractivity contribution in [1.29, 1.82) is 0 Å². The molecule has 1 aromatic heterocycles. The first-order valence-corrected chi connectivity index (χ1v) is 13.7. The summed E-state index contributed by atoms with van der Waals surface area (Å²) < 4.78 is 22.5. The van der Waals surface area contributed by atoms with Crippen molar-refractivity contribution in [2.45, 2.75) is 39.3 Å². The average Bonchev–Trinajstić information content (AvgIpc) is 3.05. The van der Waals surface area contributed by atoms with Crippen LogP contribution >= 0.6 is 0 Å². The molecule has 2 aliphatic heterocycles. The normalized spacial score (nSPS) is 18.2. The monoisotopic (exact) mass is 561 g/mol. The fourth-order valence-corrected chi connectivity index (χ4v) is 4.92. The third-order valence-corrected chi connectivity index (χ3v) is 6.97. The van der Waals surface area contributed by atoms with E-state index < -0.39 is 11.7 Å². The molecule has 2 aliphatic rings. The van der Waals surface area contributed by atoms with Gasteiger partial charge in [-0.25, -0.2) is 9.78 Å². The Morgan fingerprint density at radius 1 is 1.15 bits per heavy atom. The van der Waals surface area contributed by atoms with Gasteiger partial charge in [-0.15, -0.1) is 0 Å². The SMILES string of the molecule is CCN1CC(C)(C)Oc2nc(N3CCOCC3C)nc(-c3ccc(NC(=O)Oc4cccc(OC)c4)cc3)c2C1=O. The van der Waals surface area contributed by atoms with Crippen LogP contribution in [0, 0.1) is 0 Å². The molecule has 41 heavy (non-hydrogen) atoms. The Labute approximate surface area is 239 Å². The number of benzene rings is 2. The zero-order valence-electron chi connectivity index (χ0n) is 24.0. The number of methoxy groups -OCH3 is 1. The summed E-state index contributed by atoms with van der Waals surface area (Å²) in [6.07, 6.45) is -0.644. The van der Waals surface area contributed by atoms with Crippen LogP contribution in [0.25, 0.3) is 11.3 Å². The minimum atomic E-state index is -0.645. The highest BCUT2D eigenvalue weighted by atomic mass is 16.6. The lowest BCUT2D eigenvalue weighted by molar-refractivity contribution is 0.0541. The quantitative estimate of drug-likeness (QED) is 0.460. The number of carbonyl (C=O) groups excluding carboxylic acids is 2. The third kappa shape index (κ3) is 6.19. The van der Waals surface area contributed by atoms with Gasteiger partial charge in [0.15, 0.2) is 0 Å². The van der Waals surface area contributed by atoms with Gasteiger partial charge in [0.1, 0.15) is 22.7 Å². The minimum Gasteiger partial charge on any atom is -0.497 e. The van der Waals surface area contributed by atoms with Crippen LogP contribution in [-0.4, -0.2) is 78.5 Å². The molecule has 11 heteroatoms. The van der Waals surface area contributed by atoms with Crippen LogP contribution in [0.3, 0.4) is 0 Å². The van der Waals surface area contributed by atoms with E-state index in [4.69, 9.17) is 28.9 Å². The molecule has 2 amide bonds. The van der Waals surface area contributed by atoms with E-state index >= 15 is 0 Å². The summed E-state index contributed by atoms with van der Waals surface area (Å²) in [6.45, 7) is 10.5. The lowest BCUT2D eigenvalue weighted by Crippen LogP contribution is -2.44. The third-order valence-electron chi connectivity index (χ3n) is 6.97. The van der Waals surface area contributed by atoms with Crippen molar-refractivity contribution in [3.63, 3.8) is 0 Å². The lowest BCUT2D eigenvalue weighted by Gasteiger charge is -2.34. The van der Waals surface area contributed by atoms with Gasteiger partial charge in [0, 0.05) is 30.4 Å². The van der Waals surface area contributed by atoms with Gasteiger partial charge in [-0.2, -0.15) is 4.98 Å². The van der Waals surface area contributed by atoms with Gasteiger partial charge in [0.05, 0.1) is 38.6 Å². The second-order valence-electron chi connectivity index (χ2n) is 10.6. The average molecular weight is 562 g/mol. The van der Waals surface area contributed by atoms with Gasteiger partial charge in [0.25, 0.3) is 5.91 Å². The van der Waals surface area contributed by atoms with E-state index in [-0.39, 0.29) is 17.8 Å². The first-order chi connectivity index (χ1) is 19.7. The molecule has 0 saturated carbocycles. The zero-order valence-corrected chi connectivity index (χ0v) is 24.0. The largest absolute Gasteiger partial charge is 0.497 e. The number of nitrogens with zero attached hydrogens (tertiary/aromatic N) is 4. The molecule has 2 aromatic carbocycles. The topological polar surface area (TPSA) is 115 Å². The number of hydrogen-bond donors (Lipinski definition) is 1. The van der Waals surface area contributed by atoms with Gasteiger partial charge < -0.3 is 28.7 Å². The summed E-state index contributed by atoms with van der Waals surface area (Å²) in [6, 6.07) is 13.9. The van der Waals surface area contributed by atoms with Crippen LogP contribution < -0.4 is 24.4 Å². The number of anilines is 2. The minimum absolute atomic E-state index is 0.0541. The molecule has 1 atom stereocenters. The van der Waals surface area contributed by atoms with Gasteiger partial charge >= 0.3 is 6.09 Å². The number of ether oxygens (including phenoxy) is 4. The smallest absolute Gasteiger partial charge is 0.417 e. The highest BCUT2D eigenvalue weighted by Gasteiger charge is 2.38. The highest BCUT2D eigenvalue weighted by molar-refractivity contribution is 6.03. The number of carbonyl (C=O) groups is 2. The maximum absolute atomic E-state index is 13.8. The van der Waals surface area contributed by atoms with Crippen LogP contribution in [-0.2, 0) is 4.74 Å². The molecule has 0 bridgehead atoms. The molecule has 0 aliphatic carbocycles. The molecule has 1 fully saturated rings. The highest BCUT2D eigenvalue weighted by Crippen LogP contribution is 2.36. The van der Waals surface area contributed by atoms with Crippen molar-refractivity contribution < 1.29 is 28.5 Å². The number of nitrogens with one attached hydrogen (secondary N) is 1. The van der Waals surface area contributed by atoms with Crippen LogP contribution in [0.1, 0.15) is 38.1 Å². The molecule has 0 radical (unpaired) electrons. The van der Waals surface area contributed by atoms with E-state index in [0.717, 1.165) is 0 Å². The number of aromatic nitrogens is 2. The van der Waals surface area contributed by atoms with Crippen molar-refractivity contribution in [3.05, 3.63) is 54.1 Å². The Morgan fingerprint density at radius 3 is 2.61 bits per heavy atom. The van der Waals surface area contributed by atoms with E-state index in [1.54, 1.807) is 60.5 Å². The molecule has 1 N–H and O–H groups in total. The standard InChI is InChI=1S/C30H35N5O6/c1-6-34-18-30(3,4)41-26-24(27(34)36)25(32-28(33-26)35-14-15-39-17-19(35)2)20-10-12-21(13-11-20)31-29(37)40-23-9-7-8-22(16-23)38-5/h7-13,16,19H,6,14-15,17-18H2,1-5H3,(H,31,37). The van der Waals surface area contributed by atoms with Crippen molar-refractivity contribution >= 4 is 23.6 Å². The van der Waals surface area contributed by atoms with Crippen molar-refractivity contribution in [2.75, 3.05) is 50.2 Å². The Hall–Kier alpha value is -4.38. The lowest BCUT2D eigenvalue weighted by atomic mass is 10.0. The molecule has 216 valence electrons. The summed E-state index contributed by atoms with van der Waals surface area (Å²) in [7, 11) is 1.54. The maximum Gasteiger partial charge on any atom is 0.417 e. The van der Waals surface area contributed by atoms with Gasteiger partial charge in [0.2, 0.25) is 11.8 Å². The van der Waals surface area contributed by atoms with E-state index in [2.05, 4.69) is 10.2 Å². The van der Waals surface area contributed by atoms with Crippen molar-refractivity contribution in [3.8, 4) is 28.6 Å². The van der Waals surface area contributed by atoms with E-state index in [1.165, 1.54) is 0 Å². The van der Waals surface area contributed by atoms with E-state index in [0.29, 0.717) is 72.8 Å². The second kappa shape index (κ2) is 11.6. The van der Waals surface area contributed by atoms with Crippen molar-refractivity contribution in [1.82, 2.24) is 14.9 Å². The first-order valence-electron chi connectivity index (χ1n) is 13.7. The summed E-state index contributed by atoms with van der Waals surface area (Å²) >= 11 is 0. The summed E-state index contributed by atoms with van der Waals surface area (Å²) in [5.41, 5.74) is 1.34. The summed E-state index contributed by atoms with van der Waals surface area (Å²) in [5.74, 6) is 1.49. The second-order valence-corrected chi connectivity index (χ2v) is 10.6. The fraction of sp³-hybridized carbons (Fsp3) is 0.400. The Bertz CT molecular complexity index is 1430. The van der Waals surface area contributed by atoms with Gasteiger partial charge in [-0.3, -0.25) is 10.1 Å². The van der Waals surface area contributed by atoms with E-state index in [9.17, 15) is 9.59 Å². The van der Waals surface area contributed by atoms with Gasteiger partial charge in [-0.1, -0.05) is 18.2 Å². The first kappa shape index (κ1) is 28.2. The molecular formula is C30H35N5O6. The molecule has 3 heterocycles. The van der Waals surface area contributed by atoms with E-state index in [1.807, 2.05) is 27.7 Å². The molecule has 1 saturated heterocycles. The fourth-order valence-electron chi connectivity index (χ4n) is 4.92. The number of rotatable bonds is 6.